The van der Waals surface area contributed by atoms with Gasteiger partial charge in [0, 0.05) is 6.42 Å². The SMILES string of the molecule is NCCCCCCC(=O)NN. The number of carbonyl (C=O) groups excluding carboxylic acids is 1. The third kappa shape index (κ3) is 7.29. The van der Waals surface area contributed by atoms with Gasteiger partial charge in [0.25, 0.3) is 0 Å². The minimum atomic E-state index is -0.0854. The van der Waals surface area contributed by atoms with Gasteiger partial charge in [0.05, 0.1) is 0 Å². The smallest absolute Gasteiger partial charge is 0.233 e. The molecular formula is C7H17N3O. The molecule has 0 aliphatic rings. The van der Waals surface area contributed by atoms with Gasteiger partial charge in [-0.1, -0.05) is 12.8 Å². The monoisotopic (exact) mass is 159 g/mol. The Labute approximate surface area is 67.3 Å². The average molecular weight is 159 g/mol. The van der Waals surface area contributed by atoms with E-state index in [9.17, 15) is 4.79 Å². The summed E-state index contributed by atoms with van der Waals surface area (Å²) in [6.45, 7) is 0.739. The third-order valence-electron chi connectivity index (χ3n) is 1.52. The predicted molar refractivity (Wildman–Crippen MR) is 44.5 cm³/mol. The second-order valence-corrected chi connectivity index (χ2v) is 2.52. The number of hydrogen-bond acceptors (Lipinski definition) is 3. The number of unbranched alkanes of at least 4 members (excludes halogenated alkanes) is 3. The normalized spacial score (nSPS) is 9.64. The number of nitrogens with two attached hydrogens (primary N) is 2. The van der Waals surface area contributed by atoms with Crippen LogP contribution in [0.2, 0.25) is 0 Å². The average Bonchev–Trinajstić information content (AvgIpc) is 2.04. The predicted octanol–water partition coefficient (Wildman–Crippen LogP) is -0.115. The summed E-state index contributed by atoms with van der Waals surface area (Å²) in [4.78, 5) is 10.6. The van der Waals surface area contributed by atoms with Crippen LogP contribution in [0.15, 0.2) is 0 Å². The highest BCUT2D eigenvalue weighted by molar-refractivity contribution is 5.74. The Kier molecular flexibility index (Phi) is 7.08. The van der Waals surface area contributed by atoms with E-state index in [-0.39, 0.29) is 5.91 Å². The van der Waals surface area contributed by atoms with Crippen molar-refractivity contribution in [2.75, 3.05) is 6.54 Å². The van der Waals surface area contributed by atoms with Crippen LogP contribution in [0.4, 0.5) is 0 Å². The van der Waals surface area contributed by atoms with Gasteiger partial charge in [-0.2, -0.15) is 0 Å². The van der Waals surface area contributed by atoms with Crippen molar-refractivity contribution in [3.63, 3.8) is 0 Å². The Hall–Kier alpha value is -0.610. The summed E-state index contributed by atoms with van der Waals surface area (Å²) in [7, 11) is 0. The molecule has 0 aromatic rings. The van der Waals surface area contributed by atoms with Crippen LogP contribution in [-0.2, 0) is 4.79 Å². The van der Waals surface area contributed by atoms with Gasteiger partial charge in [0.1, 0.15) is 0 Å². The largest absolute Gasteiger partial charge is 0.330 e. The minimum absolute atomic E-state index is 0.0854. The van der Waals surface area contributed by atoms with E-state index in [0.29, 0.717) is 6.42 Å². The molecular weight excluding hydrogens is 142 g/mol. The number of hydrazine groups is 1. The van der Waals surface area contributed by atoms with E-state index in [2.05, 4.69) is 5.43 Å². The fourth-order valence-electron chi connectivity index (χ4n) is 0.856. The van der Waals surface area contributed by atoms with E-state index >= 15 is 0 Å². The highest BCUT2D eigenvalue weighted by Gasteiger charge is 1.96. The number of rotatable bonds is 6. The van der Waals surface area contributed by atoms with E-state index in [0.717, 1.165) is 32.2 Å². The summed E-state index contributed by atoms with van der Waals surface area (Å²) in [6.07, 6.45) is 4.65. The Morgan fingerprint density at radius 2 is 1.82 bits per heavy atom. The van der Waals surface area contributed by atoms with E-state index in [1.54, 1.807) is 0 Å². The maximum Gasteiger partial charge on any atom is 0.233 e. The van der Waals surface area contributed by atoms with Gasteiger partial charge in [0.2, 0.25) is 5.91 Å². The number of hydrogen-bond donors (Lipinski definition) is 3. The van der Waals surface area contributed by atoms with Gasteiger partial charge in [-0.15, -0.1) is 0 Å². The second kappa shape index (κ2) is 7.50. The Bertz CT molecular complexity index is 106. The molecule has 66 valence electrons. The summed E-state index contributed by atoms with van der Waals surface area (Å²) in [5.74, 6) is 4.81. The van der Waals surface area contributed by atoms with Crippen molar-refractivity contribution in [1.29, 1.82) is 0 Å². The highest BCUT2D eigenvalue weighted by Crippen LogP contribution is 2.01. The van der Waals surface area contributed by atoms with Gasteiger partial charge in [0.15, 0.2) is 0 Å². The summed E-state index contributed by atoms with van der Waals surface area (Å²) >= 11 is 0. The molecule has 0 atom stereocenters. The first-order valence-corrected chi connectivity index (χ1v) is 4.00. The molecule has 0 saturated carbocycles. The molecule has 0 heterocycles. The van der Waals surface area contributed by atoms with E-state index < -0.39 is 0 Å². The summed E-state index contributed by atoms with van der Waals surface area (Å²) < 4.78 is 0. The highest BCUT2D eigenvalue weighted by atomic mass is 16.2. The number of nitrogens with one attached hydrogen (secondary N) is 1. The van der Waals surface area contributed by atoms with Crippen molar-refractivity contribution in [2.24, 2.45) is 11.6 Å². The molecule has 0 aliphatic carbocycles. The fraction of sp³-hybridized carbons (Fsp3) is 0.857. The van der Waals surface area contributed by atoms with Crippen molar-refractivity contribution in [3.8, 4) is 0 Å². The van der Waals surface area contributed by atoms with Gasteiger partial charge in [-0.25, -0.2) is 5.84 Å². The van der Waals surface area contributed by atoms with Crippen LogP contribution in [0, 0.1) is 0 Å². The molecule has 4 heteroatoms. The van der Waals surface area contributed by atoms with Crippen LogP contribution in [0.1, 0.15) is 32.1 Å². The Balaban J connectivity index is 2.95. The molecule has 0 aromatic carbocycles. The van der Waals surface area contributed by atoms with Gasteiger partial charge >= 0.3 is 0 Å². The number of carbonyl (C=O) groups is 1. The first kappa shape index (κ1) is 10.4. The van der Waals surface area contributed by atoms with Crippen LogP contribution < -0.4 is 17.0 Å². The molecule has 0 unspecified atom stereocenters. The zero-order valence-corrected chi connectivity index (χ0v) is 6.81. The lowest BCUT2D eigenvalue weighted by molar-refractivity contribution is -0.121. The van der Waals surface area contributed by atoms with E-state index in [4.69, 9.17) is 11.6 Å². The molecule has 0 rings (SSSR count). The molecule has 5 N–H and O–H groups in total. The standard InChI is InChI=1S/C7H17N3O/c8-6-4-2-1-3-5-7(11)10-9/h1-6,8-9H2,(H,10,11). The maximum absolute atomic E-state index is 10.6. The van der Waals surface area contributed by atoms with Gasteiger partial charge in [-0.3, -0.25) is 10.2 Å². The molecule has 0 radical (unpaired) electrons. The lowest BCUT2D eigenvalue weighted by Crippen LogP contribution is -2.29. The minimum Gasteiger partial charge on any atom is -0.330 e. The molecule has 0 fully saturated rings. The number of amides is 1. The molecule has 0 aromatic heterocycles. The molecule has 4 nitrogen and oxygen atoms in total. The van der Waals surface area contributed by atoms with E-state index in [1.165, 1.54) is 0 Å². The second-order valence-electron chi connectivity index (χ2n) is 2.52. The first-order chi connectivity index (χ1) is 5.31. The lowest BCUT2D eigenvalue weighted by Gasteiger charge is -1.98. The van der Waals surface area contributed by atoms with Crippen LogP contribution >= 0.6 is 0 Å². The third-order valence-corrected chi connectivity index (χ3v) is 1.52. The van der Waals surface area contributed by atoms with Crippen molar-refractivity contribution < 1.29 is 4.79 Å². The van der Waals surface area contributed by atoms with Crippen molar-refractivity contribution >= 4 is 5.91 Å². The first-order valence-electron chi connectivity index (χ1n) is 4.00. The lowest BCUT2D eigenvalue weighted by atomic mass is 10.1. The van der Waals surface area contributed by atoms with Crippen LogP contribution in [-0.4, -0.2) is 12.5 Å². The van der Waals surface area contributed by atoms with Crippen LogP contribution in [0.5, 0.6) is 0 Å². The van der Waals surface area contributed by atoms with Crippen molar-refractivity contribution in [1.82, 2.24) is 5.43 Å². The molecule has 0 bridgehead atoms. The summed E-state index contributed by atoms with van der Waals surface area (Å²) in [5.41, 5.74) is 7.39. The van der Waals surface area contributed by atoms with Gasteiger partial charge in [-0.05, 0) is 19.4 Å². The molecule has 0 spiro atoms. The summed E-state index contributed by atoms with van der Waals surface area (Å²) in [6, 6.07) is 0. The zero-order valence-electron chi connectivity index (χ0n) is 6.81. The summed E-state index contributed by atoms with van der Waals surface area (Å²) in [5, 5.41) is 0. The topological polar surface area (TPSA) is 81.1 Å². The Morgan fingerprint density at radius 1 is 1.18 bits per heavy atom. The van der Waals surface area contributed by atoms with Crippen molar-refractivity contribution in [2.45, 2.75) is 32.1 Å². The van der Waals surface area contributed by atoms with Crippen molar-refractivity contribution in [3.05, 3.63) is 0 Å². The zero-order chi connectivity index (χ0) is 8.53. The Morgan fingerprint density at radius 3 is 2.36 bits per heavy atom. The molecule has 0 saturated heterocycles. The molecule has 0 aliphatic heterocycles. The maximum atomic E-state index is 10.6. The molecule has 11 heavy (non-hydrogen) atoms. The van der Waals surface area contributed by atoms with E-state index in [1.807, 2.05) is 0 Å². The van der Waals surface area contributed by atoms with Gasteiger partial charge < -0.3 is 5.73 Å². The fourth-order valence-corrected chi connectivity index (χ4v) is 0.856. The quantitative estimate of drug-likeness (QED) is 0.219. The van der Waals surface area contributed by atoms with Crippen LogP contribution in [0.3, 0.4) is 0 Å². The molecule has 1 amide bonds. The van der Waals surface area contributed by atoms with Crippen LogP contribution in [0.25, 0.3) is 0 Å².